The Bertz CT molecular complexity index is 1940. The van der Waals surface area contributed by atoms with Crippen LogP contribution in [0.3, 0.4) is 0 Å². The lowest BCUT2D eigenvalue weighted by Gasteiger charge is -2.18. The Morgan fingerprint density at radius 2 is 1.88 bits per heavy atom. The number of nitriles is 1. The van der Waals surface area contributed by atoms with E-state index in [1.807, 2.05) is 56.7 Å². The first-order valence-corrected chi connectivity index (χ1v) is 13.9. The summed E-state index contributed by atoms with van der Waals surface area (Å²) in [5, 5.41) is 16.6. The first kappa shape index (κ1) is 29.1. The normalized spacial score (nSPS) is 11.8. The number of hydrogen-bond donors (Lipinski definition) is 2. The van der Waals surface area contributed by atoms with E-state index in [2.05, 4.69) is 21.7 Å². The number of amides is 1. The molecule has 0 aliphatic heterocycles. The predicted octanol–water partition coefficient (Wildman–Crippen LogP) is 6.79. The van der Waals surface area contributed by atoms with Crippen molar-refractivity contribution in [2.24, 2.45) is 7.05 Å². The molecule has 0 saturated heterocycles. The molecule has 5 aromatic rings. The fourth-order valence-corrected chi connectivity index (χ4v) is 5.41. The second-order valence-corrected chi connectivity index (χ2v) is 11.7. The van der Waals surface area contributed by atoms with E-state index in [1.54, 1.807) is 41.2 Å². The fraction of sp³-hybridized carbons (Fsp3) is 0.188. The van der Waals surface area contributed by atoms with Crippen molar-refractivity contribution < 1.29 is 9.59 Å². The van der Waals surface area contributed by atoms with Crippen LogP contribution in [0.15, 0.2) is 73.2 Å². The van der Waals surface area contributed by atoms with Crippen LogP contribution < -0.4 is 10.6 Å². The molecule has 0 aliphatic carbocycles. The van der Waals surface area contributed by atoms with Crippen LogP contribution in [0.1, 0.15) is 42.4 Å². The number of nitrogens with one attached hydrogen (secondary N) is 2. The van der Waals surface area contributed by atoms with Crippen molar-refractivity contribution in [2.75, 3.05) is 11.9 Å². The summed E-state index contributed by atoms with van der Waals surface area (Å²) in [6.07, 6.45) is 6.59. The van der Waals surface area contributed by atoms with Crippen LogP contribution >= 0.6 is 23.2 Å². The van der Waals surface area contributed by atoms with E-state index in [1.165, 1.54) is 12.1 Å². The molecule has 0 fully saturated rings. The van der Waals surface area contributed by atoms with Gasteiger partial charge >= 0.3 is 0 Å². The highest BCUT2D eigenvalue weighted by Crippen LogP contribution is 2.41. The molecule has 2 aromatic carbocycles. The SMILES string of the molecule is Cn1cnc2c(Cl)c(-c3cccn4c(C(=O)c5ccc(NC(=O)/C=C/CNC(C)(C)C)c(C#N)c5)ccc34)c(Cl)cc21. The lowest BCUT2D eigenvalue weighted by molar-refractivity contribution is -0.111. The van der Waals surface area contributed by atoms with Gasteiger partial charge in [0.05, 0.1) is 44.4 Å². The lowest BCUT2D eigenvalue weighted by atomic mass is 10.0. The molecule has 10 heteroatoms. The summed E-state index contributed by atoms with van der Waals surface area (Å²) in [4.78, 5) is 30.5. The number of anilines is 1. The zero-order valence-electron chi connectivity index (χ0n) is 23.5. The first-order chi connectivity index (χ1) is 20.0. The van der Waals surface area contributed by atoms with Gasteiger partial charge in [0.2, 0.25) is 11.7 Å². The molecule has 0 unspecified atom stereocenters. The number of nitrogens with zero attached hydrogens (tertiary/aromatic N) is 4. The van der Waals surface area contributed by atoms with Crippen LogP contribution in [0.2, 0.25) is 10.0 Å². The highest BCUT2D eigenvalue weighted by Gasteiger charge is 2.21. The maximum absolute atomic E-state index is 13.6. The summed E-state index contributed by atoms with van der Waals surface area (Å²) < 4.78 is 3.62. The summed E-state index contributed by atoms with van der Waals surface area (Å²) in [6, 6.07) is 15.8. The number of imidazole rings is 1. The number of carbonyl (C=O) groups is 2. The maximum atomic E-state index is 13.6. The van der Waals surface area contributed by atoms with Gasteiger partial charge in [-0.05, 0) is 63.2 Å². The Hall–Kier alpha value is -4.42. The Morgan fingerprint density at radius 1 is 1.10 bits per heavy atom. The Labute approximate surface area is 253 Å². The van der Waals surface area contributed by atoms with Gasteiger partial charge in [-0.2, -0.15) is 5.26 Å². The Balaban J connectivity index is 1.44. The predicted molar refractivity (Wildman–Crippen MR) is 167 cm³/mol. The van der Waals surface area contributed by atoms with Crippen LogP contribution in [0.25, 0.3) is 27.7 Å². The van der Waals surface area contributed by atoms with E-state index < -0.39 is 0 Å². The van der Waals surface area contributed by atoms with Crippen molar-refractivity contribution >= 4 is 57.1 Å². The van der Waals surface area contributed by atoms with Gasteiger partial charge in [0.15, 0.2) is 0 Å². The highest BCUT2D eigenvalue weighted by molar-refractivity contribution is 6.43. The van der Waals surface area contributed by atoms with Crippen LogP contribution in [0, 0.1) is 11.3 Å². The van der Waals surface area contributed by atoms with Gasteiger partial charge in [0.25, 0.3) is 0 Å². The average Bonchev–Trinajstić information content (AvgIpc) is 3.54. The van der Waals surface area contributed by atoms with E-state index in [0.717, 1.165) is 16.6 Å². The zero-order valence-corrected chi connectivity index (χ0v) is 25.0. The number of fused-ring (bicyclic) bond motifs is 2. The van der Waals surface area contributed by atoms with Crippen LogP contribution in [0.5, 0.6) is 0 Å². The summed E-state index contributed by atoms with van der Waals surface area (Å²) in [7, 11) is 1.87. The number of pyridine rings is 1. The molecular weight excluding hydrogens is 571 g/mol. The molecule has 0 saturated carbocycles. The third kappa shape index (κ3) is 5.68. The van der Waals surface area contributed by atoms with E-state index >= 15 is 0 Å². The minimum absolute atomic E-state index is 0.0714. The van der Waals surface area contributed by atoms with Crippen LogP contribution in [-0.2, 0) is 11.8 Å². The number of benzene rings is 2. The third-order valence-electron chi connectivity index (χ3n) is 6.79. The van der Waals surface area contributed by atoms with Gasteiger partial charge in [-0.3, -0.25) is 9.59 Å². The smallest absolute Gasteiger partial charge is 0.248 e. The molecule has 0 aliphatic rings. The van der Waals surface area contributed by atoms with Gasteiger partial charge in [-0.15, -0.1) is 0 Å². The molecular formula is C32H28Cl2N6O2. The molecule has 0 spiro atoms. The van der Waals surface area contributed by atoms with E-state index in [-0.39, 0.29) is 22.8 Å². The molecule has 8 nitrogen and oxygen atoms in total. The highest BCUT2D eigenvalue weighted by atomic mass is 35.5. The van der Waals surface area contributed by atoms with Crippen molar-refractivity contribution in [3.05, 3.63) is 100 Å². The minimum Gasteiger partial charge on any atom is -0.334 e. The molecule has 42 heavy (non-hydrogen) atoms. The van der Waals surface area contributed by atoms with Crippen LogP contribution in [0.4, 0.5) is 5.69 Å². The number of aromatic nitrogens is 3. The van der Waals surface area contributed by atoms with E-state index in [0.29, 0.717) is 44.6 Å². The molecule has 0 atom stereocenters. The monoisotopic (exact) mass is 598 g/mol. The summed E-state index contributed by atoms with van der Waals surface area (Å²) in [6.45, 7) is 6.63. The minimum atomic E-state index is -0.368. The summed E-state index contributed by atoms with van der Waals surface area (Å²) in [5.74, 6) is -0.653. The van der Waals surface area contributed by atoms with E-state index in [4.69, 9.17) is 23.2 Å². The number of hydrogen-bond acceptors (Lipinski definition) is 5. The fourth-order valence-electron chi connectivity index (χ4n) is 4.72. The number of rotatable bonds is 7. The second kappa shape index (κ2) is 11.5. The molecule has 1 amide bonds. The van der Waals surface area contributed by atoms with Crippen molar-refractivity contribution in [1.82, 2.24) is 19.3 Å². The zero-order chi connectivity index (χ0) is 30.2. The standard InChI is InChI=1S/C32H28Cl2N6O2/c1-32(2,3)37-13-5-8-27(41)38-23-10-9-19(15-20(23)17-35)31(42)25-12-11-24-21(7-6-14-40(24)25)28-22(33)16-26-30(29(28)34)36-18-39(26)4/h5-12,14-16,18,37H,13H2,1-4H3,(H,38,41)/b8-5+. The Morgan fingerprint density at radius 3 is 2.62 bits per heavy atom. The van der Waals surface area contributed by atoms with Gasteiger partial charge in [0, 0.05) is 48.1 Å². The molecule has 3 heterocycles. The van der Waals surface area contributed by atoms with Gasteiger partial charge < -0.3 is 19.6 Å². The maximum Gasteiger partial charge on any atom is 0.248 e. The van der Waals surface area contributed by atoms with Crippen molar-refractivity contribution in [3.63, 3.8) is 0 Å². The second-order valence-electron chi connectivity index (χ2n) is 10.9. The molecule has 0 bridgehead atoms. The van der Waals surface area contributed by atoms with Gasteiger partial charge in [-0.25, -0.2) is 4.98 Å². The number of ketones is 1. The van der Waals surface area contributed by atoms with Crippen LogP contribution in [-0.4, -0.2) is 37.7 Å². The summed E-state index contributed by atoms with van der Waals surface area (Å²) >= 11 is 13.5. The third-order valence-corrected chi connectivity index (χ3v) is 7.45. The first-order valence-electron chi connectivity index (χ1n) is 13.2. The number of aryl methyl sites for hydroxylation is 1. The van der Waals surface area contributed by atoms with Crippen molar-refractivity contribution in [3.8, 4) is 17.2 Å². The number of carbonyl (C=O) groups excluding carboxylic acids is 2. The molecule has 2 N–H and O–H groups in total. The quantitative estimate of drug-likeness (QED) is 0.159. The molecule has 212 valence electrons. The number of halogens is 2. The molecule has 0 radical (unpaired) electrons. The van der Waals surface area contributed by atoms with Crippen molar-refractivity contribution in [2.45, 2.75) is 26.3 Å². The van der Waals surface area contributed by atoms with Gasteiger partial charge in [0.1, 0.15) is 11.6 Å². The lowest BCUT2D eigenvalue weighted by Crippen LogP contribution is -2.35. The largest absolute Gasteiger partial charge is 0.334 e. The van der Waals surface area contributed by atoms with E-state index in [9.17, 15) is 14.9 Å². The summed E-state index contributed by atoms with van der Waals surface area (Å²) in [5.41, 5.74) is 4.70. The Kier molecular flexibility index (Phi) is 7.93. The molecule has 5 rings (SSSR count). The average molecular weight is 600 g/mol. The molecule has 3 aromatic heterocycles. The topological polar surface area (TPSA) is 104 Å². The van der Waals surface area contributed by atoms with Gasteiger partial charge in [-0.1, -0.05) is 35.3 Å². The van der Waals surface area contributed by atoms with Crippen molar-refractivity contribution in [1.29, 1.82) is 5.26 Å².